The van der Waals surface area contributed by atoms with Gasteiger partial charge in [-0.05, 0) is 37.5 Å². The molecule has 0 bridgehead atoms. The Labute approximate surface area is 113 Å². The lowest BCUT2D eigenvalue weighted by Gasteiger charge is -2.12. The maximum atomic E-state index is 12.0. The maximum Gasteiger partial charge on any atom is 0.253 e. The number of nitrogens with two attached hydrogens (primary N) is 1. The van der Waals surface area contributed by atoms with Crippen molar-refractivity contribution < 1.29 is 13.2 Å². The molecule has 1 unspecified atom stereocenters. The first-order valence-corrected chi connectivity index (χ1v) is 7.97. The lowest BCUT2D eigenvalue weighted by Crippen LogP contribution is -2.34. The smallest absolute Gasteiger partial charge is 0.253 e. The molecule has 0 radical (unpaired) electrons. The van der Waals surface area contributed by atoms with Gasteiger partial charge in [-0.2, -0.15) is 0 Å². The van der Waals surface area contributed by atoms with Crippen molar-refractivity contribution in [3.63, 3.8) is 0 Å². The van der Waals surface area contributed by atoms with Crippen LogP contribution in [0.2, 0.25) is 0 Å². The van der Waals surface area contributed by atoms with Crippen molar-refractivity contribution in [2.24, 2.45) is 0 Å². The Morgan fingerprint density at radius 3 is 2.79 bits per heavy atom. The van der Waals surface area contributed by atoms with Crippen LogP contribution in [-0.4, -0.2) is 31.9 Å². The molecule has 1 atom stereocenters. The van der Waals surface area contributed by atoms with E-state index < -0.39 is 15.1 Å². The van der Waals surface area contributed by atoms with Crippen LogP contribution < -0.4 is 11.1 Å². The number of benzene rings is 1. The SMILES string of the molecule is Cc1ccc(C(=O)NCC2CCCS2(=O)=O)c(N)c1. The summed E-state index contributed by atoms with van der Waals surface area (Å²) in [4.78, 5) is 12.0. The summed E-state index contributed by atoms with van der Waals surface area (Å²) >= 11 is 0. The second-order valence-electron chi connectivity index (χ2n) is 4.93. The van der Waals surface area contributed by atoms with Crippen LogP contribution >= 0.6 is 0 Å². The fourth-order valence-electron chi connectivity index (χ4n) is 2.28. The first kappa shape index (κ1) is 13.9. The number of hydrogen-bond acceptors (Lipinski definition) is 4. The summed E-state index contributed by atoms with van der Waals surface area (Å²) in [5.74, 6) is -0.0974. The third-order valence-electron chi connectivity index (χ3n) is 3.40. The molecule has 1 heterocycles. The Bertz CT molecular complexity index is 596. The monoisotopic (exact) mass is 282 g/mol. The summed E-state index contributed by atoms with van der Waals surface area (Å²) in [6.07, 6.45) is 1.29. The lowest BCUT2D eigenvalue weighted by molar-refractivity contribution is 0.0954. The molecule has 0 aliphatic carbocycles. The number of hydrogen-bond donors (Lipinski definition) is 2. The van der Waals surface area contributed by atoms with Gasteiger partial charge in [0.05, 0.1) is 16.6 Å². The number of aryl methyl sites for hydroxylation is 1. The molecular weight excluding hydrogens is 264 g/mol. The number of nitrogen functional groups attached to an aromatic ring is 1. The van der Waals surface area contributed by atoms with Crippen LogP contribution in [0.1, 0.15) is 28.8 Å². The molecule has 1 aromatic rings. The quantitative estimate of drug-likeness (QED) is 0.806. The zero-order valence-electron chi connectivity index (χ0n) is 10.8. The van der Waals surface area contributed by atoms with Gasteiger partial charge in [0.15, 0.2) is 9.84 Å². The van der Waals surface area contributed by atoms with Gasteiger partial charge in [0.25, 0.3) is 5.91 Å². The molecule has 1 fully saturated rings. The van der Waals surface area contributed by atoms with E-state index in [0.717, 1.165) is 5.56 Å². The van der Waals surface area contributed by atoms with Crippen molar-refractivity contribution in [3.05, 3.63) is 29.3 Å². The van der Waals surface area contributed by atoms with E-state index in [1.165, 1.54) is 0 Å². The molecule has 1 aliphatic rings. The lowest BCUT2D eigenvalue weighted by atomic mass is 10.1. The Balaban J connectivity index is 2.02. The molecule has 19 heavy (non-hydrogen) atoms. The number of amides is 1. The van der Waals surface area contributed by atoms with E-state index >= 15 is 0 Å². The molecule has 1 saturated heterocycles. The van der Waals surface area contributed by atoms with Crippen LogP contribution in [0.4, 0.5) is 5.69 Å². The van der Waals surface area contributed by atoms with E-state index in [0.29, 0.717) is 24.1 Å². The number of nitrogens with one attached hydrogen (secondary N) is 1. The topological polar surface area (TPSA) is 89.3 Å². The molecule has 6 heteroatoms. The first-order valence-electron chi connectivity index (χ1n) is 6.26. The van der Waals surface area contributed by atoms with Crippen LogP contribution in [0.5, 0.6) is 0 Å². The number of rotatable bonds is 3. The Kier molecular flexibility index (Phi) is 3.80. The number of anilines is 1. The van der Waals surface area contributed by atoms with Gasteiger partial charge in [0.1, 0.15) is 0 Å². The van der Waals surface area contributed by atoms with Gasteiger partial charge in [-0.1, -0.05) is 6.07 Å². The zero-order chi connectivity index (χ0) is 14.0. The Morgan fingerprint density at radius 2 is 2.21 bits per heavy atom. The van der Waals surface area contributed by atoms with Gasteiger partial charge in [0, 0.05) is 12.2 Å². The Hall–Kier alpha value is -1.56. The van der Waals surface area contributed by atoms with Crippen LogP contribution in [0.25, 0.3) is 0 Å². The predicted octanol–water partition coefficient (Wildman–Crippen LogP) is 0.884. The van der Waals surface area contributed by atoms with E-state index in [2.05, 4.69) is 5.32 Å². The van der Waals surface area contributed by atoms with Crippen molar-refractivity contribution in [2.45, 2.75) is 25.0 Å². The minimum atomic E-state index is -3.03. The standard InChI is InChI=1S/C13H18N2O3S/c1-9-4-5-11(12(14)7-9)13(16)15-8-10-3-2-6-19(10,17)18/h4-5,7,10H,2-3,6,8,14H2,1H3,(H,15,16). The fourth-order valence-corrected chi connectivity index (χ4v) is 4.04. The van der Waals surface area contributed by atoms with Gasteiger partial charge >= 0.3 is 0 Å². The van der Waals surface area contributed by atoms with Gasteiger partial charge < -0.3 is 11.1 Å². The van der Waals surface area contributed by atoms with E-state index in [4.69, 9.17) is 5.73 Å². The molecule has 5 nitrogen and oxygen atoms in total. The fraction of sp³-hybridized carbons (Fsp3) is 0.462. The van der Waals surface area contributed by atoms with E-state index in [9.17, 15) is 13.2 Å². The maximum absolute atomic E-state index is 12.0. The minimum Gasteiger partial charge on any atom is -0.398 e. The summed E-state index contributed by atoms with van der Waals surface area (Å²) in [6.45, 7) is 2.05. The molecule has 1 amide bonds. The summed E-state index contributed by atoms with van der Waals surface area (Å²) in [7, 11) is -3.03. The average Bonchev–Trinajstić information content (AvgIpc) is 2.65. The van der Waals surface area contributed by atoms with Gasteiger partial charge in [0.2, 0.25) is 0 Å². The highest BCUT2D eigenvalue weighted by Crippen LogP contribution is 2.19. The van der Waals surface area contributed by atoms with Crippen molar-refractivity contribution >= 4 is 21.4 Å². The largest absolute Gasteiger partial charge is 0.398 e. The third kappa shape index (κ3) is 3.07. The van der Waals surface area contributed by atoms with Crippen LogP contribution in [0, 0.1) is 6.92 Å². The highest BCUT2D eigenvalue weighted by Gasteiger charge is 2.31. The zero-order valence-corrected chi connectivity index (χ0v) is 11.7. The summed E-state index contributed by atoms with van der Waals surface area (Å²) in [6, 6.07) is 5.18. The summed E-state index contributed by atoms with van der Waals surface area (Å²) in [5.41, 5.74) is 7.56. The van der Waals surface area contributed by atoms with E-state index in [1.807, 2.05) is 6.92 Å². The van der Waals surface area contributed by atoms with E-state index in [1.54, 1.807) is 18.2 Å². The molecule has 1 aromatic carbocycles. The van der Waals surface area contributed by atoms with Crippen LogP contribution in [-0.2, 0) is 9.84 Å². The molecule has 1 aliphatic heterocycles. The minimum absolute atomic E-state index is 0.161. The van der Waals surface area contributed by atoms with Gasteiger partial charge in [-0.15, -0.1) is 0 Å². The molecule has 3 N–H and O–H groups in total. The summed E-state index contributed by atoms with van der Waals surface area (Å²) < 4.78 is 23.3. The molecular formula is C13H18N2O3S. The van der Waals surface area contributed by atoms with Gasteiger partial charge in [-0.3, -0.25) is 4.79 Å². The molecule has 0 saturated carbocycles. The molecule has 104 valence electrons. The Morgan fingerprint density at radius 1 is 1.47 bits per heavy atom. The van der Waals surface area contributed by atoms with Crippen molar-refractivity contribution in [1.82, 2.24) is 5.32 Å². The number of sulfone groups is 1. The molecule has 2 rings (SSSR count). The first-order chi connectivity index (χ1) is 8.90. The van der Waals surface area contributed by atoms with Crippen LogP contribution in [0.3, 0.4) is 0 Å². The van der Waals surface area contributed by atoms with Crippen molar-refractivity contribution in [1.29, 1.82) is 0 Å². The normalized spacial score (nSPS) is 21.2. The van der Waals surface area contributed by atoms with Crippen LogP contribution in [0.15, 0.2) is 18.2 Å². The predicted molar refractivity (Wildman–Crippen MR) is 74.7 cm³/mol. The number of carbonyl (C=O) groups is 1. The molecule has 0 aromatic heterocycles. The highest BCUT2D eigenvalue weighted by molar-refractivity contribution is 7.92. The average molecular weight is 282 g/mol. The van der Waals surface area contributed by atoms with Gasteiger partial charge in [-0.25, -0.2) is 8.42 Å². The summed E-state index contributed by atoms with van der Waals surface area (Å²) in [5, 5.41) is 2.20. The highest BCUT2D eigenvalue weighted by atomic mass is 32.2. The van der Waals surface area contributed by atoms with E-state index in [-0.39, 0.29) is 18.2 Å². The molecule has 0 spiro atoms. The second-order valence-corrected chi connectivity index (χ2v) is 7.33. The second kappa shape index (κ2) is 5.21. The third-order valence-corrected chi connectivity index (χ3v) is 5.68. The van der Waals surface area contributed by atoms with Crippen molar-refractivity contribution in [2.75, 3.05) is 18.0 Å². The van der Waals surface area contributed by atoms with Crippen molar-refractivity contribution in [3.8, 4) is 0 Å². The number of carbonyl (C=O) groups excluding carboxylic acids is 1.